The highest BCUT2D eigenvalue weighted by molar-refractivity contribution is 5.97. The molecule has 5 nitrogen and oxygen atoms in total. The number of rotatable bonds is 5. The summed E-state index contributed by atoms with van der Waals surface area (Å²) in [5, 5.41) is 3.54. The predicted octanol–water partition coefficient (Wildman–Crippen LogP) is 3.79. The van der Waals surface area contributed by atoms with Crippen molar-refractivity contribution in [3.8, 4) is 0 Å². The first-order valence-electron chi connectivity index (χ1n) is 11.2. The highest BCUT2D eigenvalue weighted by atomic mass is 35.5. The van der Waals surface area contributed by atoms with Gasteiger partial charge in [0, 0.05) is 61.0 Å². The number of fused-ring (bicyclic) bond motifs is 1. The standard InChI is InChI=1S/C25H34N4O.ClH/c1-5-21-13-26-18(2)15-28(21)16-24(30)29-17-25(3,4)22-14-27-20(12-23(22)29)11-19-9-7-6-8-10-19;/h6-10,12,14,18,21,26H,5,11,13,15-17H2,1-4H3;1H/t18-,21+;/m1./s1. The highest BCUT2D eigenvalue weighted by Crippen LogP contribution is 2.40. The Morgan fingerprint density at radius 1 is 1.26 bits per heavy atom. The van der Waals surface area contributed by atoms with Gasteiger partial charge in [0.25, 0.3) is 0 Å². The number of piperazine rings is 1. The van der Waals surface area contributed by atoms with Crippen LogP contribution in [0.25, 0.3) is 0 Å². The maximum Gasteiger partial charge on any atom is 0.241 e. The van der Waals surface area contributed by atoms with Crippen LogP contribution in [0.1, 0.15) is 50.9 Å². The van der Waals surface area contributed by atoms with Gasteiger partial charge in [0.05, 0.1) is 12.2 Å². The first kappa shape index (κ1) is 23.7. The molecule has 3 heterocycles. The average Bonchev–Trinajstić information content (AvgIpc) is 2.99. The van der Waals surface area contributed by atoms with Gasteiger partial charge in [-0.05, 0) is 25.0 Å². The Morgan fingerprint density at radius 2 is 2.00 bits per heavy atom. The molecule has 1 N–H and O–H groups in total. The molecular formula is C25H35ClN4O. The van der Waals surface area contributed by atoms with Crippen LogP contribution in [-0.2, 0) is 16.6 Å². The fourth-order valence-corrected chi connectivity index (χ4v) is 4.81. The monoisotopic (exact) mass is 442 g/mol. The van der Waals surface area contributed by atoms with Crippen LogP contribution in [0.4, 0.5) is 5.69 Å². The van der Waals surface area contributed by atoms with E-state index in [0.29, 0.717) is 18.6 Å². The second-order valence-corrected chi connectivity index (χ2v) is 9.52. The maximum atomic E-state index is 13.4. The molecule has 1 aromatic carbocycles. The number of benzene rings is 1. The summed E-state index contributed by atoms with van der Waals surface area (Å²) in [6.45, 7) is 11.9. The lowest BCUT2D eigenvalue weighted by molar-refractivity contribution is -0.120. The van der Waals surface area contributed by atoms with E-state index in [1.54, 1.807) is 0 Å². The quantitative estimate of drug-likeness (QED) is 0.765. The van der Waals surface area contributed by atoms with E-state index in [1.807, 2.05) is 17.2 Å². The van der Waals surface area contributed by atoms with E-state index in [2.05, 4.69) is 68.2 Å². The molecular weight excluding hydrogens is 408 g/mol. The predicted molar refractivity (Wildman–Crippen MR) is 129 cm³/mol. The molecule has 1 amide bonds. The topological polar surface area (TPSA) is 48.5 Å². The lowest BCUT2D eigenvalue weighted by atomic mass is 9.88. The molecule has 2 atom stereocenters. The summed E-state index contributed by atoms with van der Waals surface area (Å²) in [6.07, 6.45) is 3.83. The van der Waals surface area contributed by atoms with Crippen LogP contribution >= 0.6 is 12.4 Å². The summed E-state index contributed by atoms with van der Waals surface area (Å²) in [4.78, 5) is 22.5. The Morgan fingerprint density at radius 3 is 2.71 bits per heavy atom. The molecule has 1 aromatic heterocycles. The Bertz CT molecular complexity index is 902. The summed E-state index contributed by atoms with van der Waals surface area (Å²) in [7, 11) is 0. The fourth-order valence-electron chi connectivity index (χ4n) is 4.81. The first-order chi connectivity index (χ1) is 14.4. The van der Waals surface area contributed by atoms with Gasteiger partial charge in [-0.3, -0.25) is 14.7 Å². The van der Waals surface area contributed by atoms with Crippen LogP contribution in [0.3, 0.4) is 0 Å². The van der Waals surface area contributed by atoms with E-state index in [9.17, 15) is 4.79 Å². The number of aromatic nitrogens is 1. The largest absolute Gasteiger partial charge is 0.311 e. The second kappa shape index (κ2) is 9.68. The molecule has 2 aliphatic heterocycles. The Labute approximate surface area is 192 Å². The average molecular weight is 443 g/mol. The van der Waals surface area contributed by atoms with Gasteiger partial charge < -0.3 is 10.2 Å². The lowest BCUT2D eigenvalue weighted by Crippen LogP contribution is -2.57. The fraction of sp³-hybridized carbons (Fsp3) is 0.520. The van der Waals surface area contributed by atoms with Gasteiger partial charge in [-0.2, -0.15) is 0 Å². The molecule has 2 aromatic rings. The smallest absolute Gasteiger partial charge is 0.241 e. The molecule has 0 saturated carbocycles. The summed E-state index contributed by atoms with van der Waals surface area (Å²) in [5.74, 6) is 0.200. The number of carbonyl (C=O) groups is 1. The number of halogens is 1. The third-order valence-electron chi connectivity index (χ3n) is 6.58. The first-order valence-corrected chi connectivity index (χ1v) is 11.2. The van der Waals surface area contributed by atoms with Crippen molar-refractivity contribution in [3.05, 3.63) is 59.4 Å². The van der Waals surface area contributed by atoms with Crippen molar-refractivity contribution in [3.63, 3.8) is 0 Å². The summed E-state index contributed by atoms with van der Waals surface area (Å²) in [5.41, 5.74) is 4.39. The van der Waals surface area contributed by atoms with Crippen LogP contribution in [-0.4, -0.2) is 54.1 Å². The lowest BCUT2D eigenvalue weighted by Gasteiger charge is -2.39. The zero-order valence-corrected chi connectivity index (χ0v) is 19.9. The molecule has 6 heteroatoms. The molecule has 1 fully saturated rings. The van der Waals surface area contributed by atoms with Gasteiger partial charge in [0.2, 0.25) is 5.91 Å². The van der Waals surface area contributed by atoms with Crippen LogP contribution in [0.2, 0.25) is 0 Å². The van der Waals surface area contributed by atoms with Crippen molar-refractivity contribution in [1.29, 1.82) is 0 Å². The summed E-state index contributed by atoms with van der Waals surface area (Å²) in [6, 6.07) is 13.4. The molecule has 4 rings (SSSR count). The SMILES string of the molecule is CC[C@H]1CN[C@H](C)CN1CC(=O)N1CC(C)(C)c2cnc(Cc3ccccc3)cc21.Cl. The number of hydrogen-bond acceptors (Lipinski definition) is 4. The maximum absolute atomic E-state index is 13.4. The van der Waals surface area contributed by atoms with Crippen LogP contribution in [0, 0.1) is 0 Å². The minimum atomic E-state index is -0.0792. The second-order valence-electron chi connectivity index (χ2n) is 9.52. The van der Waals surface area contributed by atoms with Crippen LogP contribution in [0.5, 0.6) is 0 Å². The number of nitrogens with zero attached hydrogens (tertiary/aromatic N) is 3. The van der Waals surface area contributed by atoms with E-state index in [1.165, 1.54) is 11.1 Å². The third kappa shape index (κ3) is 5.11. The third-order valence-corrected chi connectivity index (χ3v) is 6.58. The molecule has 0 bridgehead atoms. The Kier molecular flexibility index (Phi) is 7.40. The van der Waals surface area contributed by atoms with E-state index in [0.717, 1.165) is 43.9 Å². The molecule has 1 saturated heterocycles. The van der Waals surface area contributed by atoms with Crippen LogP contribution < -0.4 is 10.2 Å². The number of pyridine rings is 1. The van der Waals surface area contributed by atoms with Crippen molar-refractivity contribution in [2.45, 2.75) is 58.0 Å². The number of anilines is 1. The van der Waals surface area contributed by atoms with Crippen molar-refractivity contribution in [2.75, 3.05) is 31.1 Å². The van der Waals surface area contributed by atoms with Crippen molar-refractivity contribution < 1.29 is 4.79 Å². The Hall–Kier alpha value is -1.95. The molecule has 0 unspecified atom stereocenters. The molecule has 168 valence electrons. The summed E-state index contributed by atoms with van der Waals surface area (Å²) >= 11 is 0. The molecule has 0 radical (unpaired) electrons. The normalized spacial score (nSPS) is 22.6. The number of hydrogen-bond donors (Lipinski definition) is 1. The summed E-state index contributed by atoms with van der Waals surface area (Å²) < 4.78 is 0. The van der Waals surface area contributed by atoms with Crippen molar-refractivity contribution in [2.24, 2.45) is 0 Å². The van der Waals surface area contributed by atoms with Crippen molar-refractivity contribution in [1.82, 2.24) is 15.2 Å². The van der Waals surface area contributed by atoms with E-state index >= 15 is 0 Å². The van der Waals surface area contributed by atoms with E-state index in [-0.39, 0.29) is 23.7 Å². The number of amides is 1. The van der Waals surface area contributed by atoms with E-state index in [4.69, 9.17) is 4.98 Å². The minimum absolute atomic E-state index is 0. The molecule has 2 aliphatic rings. The number of carbonyl (C=O) groups excluding carboxylic acids is 1. The highest BCUT2D eigenvalue weighted by Gasteiger charge is 2.39. The van der Waals surface area contributed by atoms with Gasteiger partial charge in [-0.25, -0.2) is 0 Å². The van der Waals surface area contributed by atoms with Crippen LogP contribution in [0.15, 0.2) is 42.6 Å². The van der Waals surface area contributed by atoms with Gasteiger partial charge >= 0.3 is 0 Å². The number of nitrogens with one attached hydrogen (secondary N) is 1. The van der Waals surface area contributed by atoms with Gasteiger partial charge in [0.1, 0.15) is 0 Å². The molecule has 0 aliphatic carbocycles. The zero-order chi connectivity index (χ0) is 21.3. The van der Waals surface area contributed by atoms with Gasteiger partial charge in [0.15, 0.2) is 0 Å². The van der Waals surface area contributed by atoms with E-state index < -0.39 is 0 Å². The Balaban J connectivity index is 0.00000272. The minimum Gasteiger partial charge on any atom is -0.311 e. The van der Waals surface area contributed by atoms with Gasteiger partial charge in [-0.15, -0.1) is 12.4 Å². The molecule has 0 spiro atoms. The zero-order valence-electron chi connectivity index (χ0n) is 19.1. The molecule has 31 heavy (non-hydrogen) atoms. The van der Waals surface area contributed by atoms with Gasteiger partial charge in [-0.1, -0.05) is 51.1 Å². The van der Waals surface area contributed by atoms with Crippen molar-refractivity contribution >= 4 is 24.0 Å².